The van der Waals surface area contributed by atoms with Crippen molar-refractivity contribution < 1.29 is 9.59 Å². The summed E-state index contributed by atoms with van der Waals surface area (Å²) in [4.78, 5) is 28.3. The predicted octanol–water partition coefficient (Wildman–Crippen LogP) is 2.45. The molecule has 0 aliphatic carbocycles. The minimum absolute atomic E-state index is 0.193. The first-order valence-corrected chi connectivity index (χ1v) is 8.14. The molecular weight excluding hydrogens is 276 g/mol. The van der Waals surface area contributed by atoms with Crippen molar-refractivity contribution in [2.24, 2.45) is 5.92 Å². The van der Waals surface area contributed by atoms with Crippen LogP contribution in [0.2, 0.25) is 0 Å². The molecule has 1 heterocycles. The zero-order chi connectivity index (χ0) is 15.9. The van der Waals surface area contributed by atoms with E-state index < -0.39 is 0 Å². The molecule has 0 N–H and O–H groups in total. The summed E-state index contributed by atoms with van der Waals surface area (Å²) < 4.78 is 0. The summed E-state index contributed by atoms with van der Waals surface area (Å²) in [6.07, 6.45) is 1.18. The van der Waals surface area contributed by atoms with Crippen LogP contribution in [0.15, 0.2) is 30.3 Å². The molecule has 1 aromatic carbocycles. The summed E-state index contributed by atoms with van der Waals surface area (Å²) in [5.41, 5.74) is 0.785. The zero-order valence-electron chi connectivity index (χ0n) is 13.6. The molecule has 0 bridgehead atoms. The smallest absolute Gasteiger partial charge is 0.222 e. The predicted molar refractivity (Wildman–Crippen MR) is 87.9 cm³/mol. The number of ketones is 1. The third-order valence-corrected chi connectivity index (χ3v) is 4.06. The maximum absolute atomic E-state index is 12.1. The number of nitrogens with zero attached hydrogens (tertiary/aromatic N) is 2. The molecule has 0 radical (unpaired) electrons. The standard InChI is InChI=1S/C18H26N2O2/c1-15(2)14-18(22)20-12-10-19(11-13-20)9-8-17(21)16-6-4-3-5-7-16/h3-7,15H,8-14H2,1-2H3. The second-order valence-electron chi connectivity index (χ2n) is 6.36. The maximum Gasteiger partial charge on any atom is 0.222 e. The van der Waals surface area contributed by atoms with E-state index in [1.165, 1.54) is 0 Å². The normalized spacial score (nSPS) is 16.0. The molecule has 1 aliphatic heterocycles. The quantitative estimate of drug-likeness (QED) is 0.758. The van der Waals surface area contributed by atoms with Crippen molar-refractivity contribution in [2.45, 2.75) is 26.7 Å². The molecule has 0 atom stereocenters. The first-order chi connectivity index (χ1) is 10.6. The van der Waals surface area contributed by atoms with Gasteiger partial charge in [0, 0.05) is 51.1 Å². The van der Waals surface area contributed by atoms with E-state index in [0.717, 1.165) is 38.3 Å². The van der Waals surface area contributed by atoms with Crippen molar-refractivity contribution in [1.29, 1.82) is 0 Å². The lowest BCUT2D eigenvalue weighted by Crippen LogP contribution is -2.49. The largest absolute Gasteiger partial charge is 0.340 e. The van der Waals surface area contributed by atoms with Crippen LogP contribution in [0.4, 0.5) is 0 Å². The monoisotopic (exact) mass is 302 g/mol. The number of piperazine rings is 1. The fourth-order valence-electron chi connectivity index (χ4n) is 2.73. The molecule has 0 aromatic heterocycles. The molecule has 4 heteroatoms. The highest BCUT2D eigenvalue weighted by molar-refractivity contribution is 5.96. The van der Waals surface area contributed by atoms with Gasteiger partial charge in [-0.15, -0.1) is 0 Å². The van der Waals surface area contributed by atoms with Gasteiger partial charge in [0.15, 0.2) is 5.78 Å². The number of benzene rings is 1. The molecule has 0 spiro atoms. The Morgan fingerprint density at radius 3 is 2.27 bits per heavy atom. The fourth-order valence-corrected chi connectivity index (χ4v) is 2.73. The molecule has 4 nitrogen and oxygen atoms in total. The van der Waals surface area contributed by atoms with Crippen LogP contribution in [0.5, 0.6) is 0 Å². The molecule has 1 aromatic rings. The molecule has 1 amide bonds. The first kappa shape index (κ1) is 16.7. The Hall–Kier alpha value is -1.68. The lowest BCUT2D eigenvalue weighted by atomic mass is 10.1. The Kier molecular flexibility index (Phi) is 6.13. The highest BCUT2D eigenvalue weighted by Gasteiger charge is 2.21. The second-order valence-corrected chi connectivity index (χ2v) is 6.36. The number of hydrogen-bond donors (Lipinski definition) is 0. The van der Waals surface area contributed by atoms with Gasteiger partial charge in [-0.1, -0.05) is 44.2 Å². The van der Waals surface area contributed by atoms with E-state index in [0.29, 0.717) is 18.8 Å². The van der Waals surface area contributed by atoms with E-state index in [9.17, 15) is 9.59 Å². The summed E-state index contributed by atoms with van der Waals surface area (Å²) >= 11 is 0. The van der Waals surface area contributed by atoms with Crippen molar-refractivity contribution in [1.82, 2.24) is 9.80 Å². The SMILES string of the molecule is CC(C)CC(=O)N1CCN(CCC(=O)c2ccccc2)CC1. The third-order valence-electron chi connectivity index (χ3n) is 4.06. The topological polar surface area (TPSA) is 40.6 Å². The Morgan fingerprint density at radius 2 is 1.68 bits per heavy atom. The van der Waals surface area contributed by atoms with E-state index in [1.807, 2.05) is 35.2 Å². The molecule has 1 saturated heterocycles. The van der Waals surface area contributed by atoms with Gasteiger partial charge in [-0.05, 0) is 5.92 Å². The van der Waals surface area contributed by atoms with Crippen LogP contribution >= 0.6 is 0 Å². The number of carbonyl (C=O) groups is 2. The molecule has 1 fully saturated rings. The number of hydrogen-bond acceptors (Lipinski definition) is 3. The molecular formula is C18H26N2O2. The Labute approximate surface area is 133 Å². The van der Waals surface area contributed by atoms with Gasteiger partial charge < -0.3 is 4.90 Å². The Balaban J connectivity index is 1.72. The van der Waals surface area contributed by atoms with Crippen LogP contribution in [0.25, 0.3) is 0 Å². The van der Waals surface area contributed by atoms with Gasteiger partial charge in [0.2, 0.25) is 5.91 Å². The Morgan fingerprint density at radius 1 is 1.05 bits per heavy atom. The highest BCUT2D eigenvalue weighted by Crippen LogP contribution is 2.10. The summed E-state index contributed by atoms with van der Waals surface area (Å²) in [6, 6.07) is 9.44. The van der Waals surface area contributed by atoms with Crippen LogP contribution in [0.3, 0.4) is 0 Å². The van der Waals surface area contributed by atoms with Gasteiger partial charge in [0.05, 0.1) is 0 Å². The van der Waals surface area contributed by atoms with Crippen LogP contribution in [0, 0.1) is 5.92 Å². The van der Waals surface area contributed by atoms with Crippen molar-refractivity contribution >= 4 is 11.7 Å². The van der Waals surface area contributed by atoms with E-state index >= 15 is 0 Å². The minimum atomic E-state index is 0.193. The van der Waals surface area contributed by atoms with E-state index in [-0.39, 0.29) is 11.7 Å². The number of amides is 1. The van der Waals surface area contributed by atoms with Gasteiger partial charge in [-0.25, -0.2) is 0 Å². The fraction of sp³-hybridized carbons (Fsp3) is 0.556. The van der Waals surface area contributed by atoms with Crippen molar-refractivity contribution in [2.75, 3.05) is 32.7 Å². The molecule has 0 saturated carbocycles. The lowest BCUT2D eigenvalue weighted by Gasteiger charge is -2.35. The minimum Gasteiger partial charge on any atom is -0.340 e. The Bertz CT molecular complexity index is 491. The molecule has 120 valence electrons. The second kappa shape index (κ2) is 8.08. The zero-order valence-corrected chi connectivity index (χ0v) is 13.6. The summed E-state index contributed by atoms with van der Waals surface area (Å²) in [5.74, 6) is 0.864. The third kappa shape index (κ3) is 4.95. The summed E-state index contributed by atoms with van der Waals surface area (Å²) in [6.45, 7) is 8.22. The van der Waals surface area contributed by atoms with Crippen LogP contribution in [-0.4, -0.2) is 54.2 Å². The first-order valence-electron chi connectivity index (χ1n) is 8.14. The number of rotatable bonds is 6. The van der Waals surface area contributed by atoms with E-state index in [4.69, 9.17) is 0 Å². The average molecular weight is 302 g/mol. The maximum atomic E-state index is 12.1. The van der Waals surface area contributed by atoms with Gasteiger partial charge in [-0.2, -0.15) is 0 Å². The van der Waals surface area contributed by atoms with Crippen LogP contribution in [-0.2, 0) is 4.79 Å². The van der Waals surface area contributed by atoms with Crippen molar-refractivity contribution in [3.8, 4) is 0 Å². The lowest BCUT2D eigenvalue weighted by molar-refractivity contribution is -0.133. The molecule has 0 unspecified atom stereocenters. The van der Waals surface area contributed by atoms with Crippen LogP contribution in [0.1, 0.15) is 37.0 Å². The van der Waals surface area contributed by atoms with E-state index in [2.05, 4.69) is 18.7 Å². The van der Waals surface area contributed by atoms with Gasteiger partial charge in [0.1, 0.15) is 0 Å². The van der Waals surface area contributed by atoms with Crippen molar-refractivity contribution in [3.05, 3.63) is 35.9 Å². The average Bonchev–Trinajstić information content (AvgIpc) is 2.53. The van der Waals surface area contributed by atoms with Gasteiger partial charge >= 0.3 is 0 Å². The molecule has 2 rings (SSSR count). The highest BCUT2D eigenvalue weighted by atomic mass is 16.2. The van der Waals surface area contributed by atoms with Crippen molar-refractivity contribution in [3.63, 3.8) is 0 Å². The molecule has 22 heavy (non-hydrogen) atoms. The van der Waals surface area contributed by atoms with Crippen LogP contribution < -0.4 is 0 Å². The summed E-state index contributed by atoms with van der Waals surface area (Å²) in [5, 5.41) is 0. The molecule has 1 aliphatic rings. The van der Waals surface area contributed by atoms with Gasteiger partial charge in [-0.3, -0.25) is 14.5 Å². The number of Topliss-reactive ketones (excluding diaryl/α,β-unsaturated/α-hetero) is 1. The number of carbonyl (C=O) groups excluding carboxylic acids is 2. The van der Waals surface area contributed by atoms with E-state index in [1.54, 1.807) is 0 Å². The summed E-state index contributed by atoms with van der Waals surface area (Å²) in [7, 11) is 0. The van der Waals surface area contributed by atoms with Gasteiger partial charge in [0.25, 0.3) is 0 Å².